The van der Waals surface area contributed by atoms with Gasteiger partial charge in [-0.25, -0.2) is 24.0 Å². The van der Waals surface area contributed by atoms with Gasteiger partial charge in [0.1, 0.15) is 31.0 Å². The summed E-state index contributed by atoms with van der Waals surface area (Å²) in [7, 11) is 3.07. The fraction of sp³-hybridized carbons (Fsp3) is 0.415. The predicted molar refractivity (Wildman–Crippen MR) is 213 cm³/mol. The van der Waals surface area contributed by atoms with Gasteiger partial charge >= 0.3 is 30.1 Å². The van der Waals surface area contributed by atoms with Crippen molar-refractivity contribution in [3.8, 4) is 5.75 Å². The minimum Gasteiger partial charge on any atom is -0.486 e. The lowest BCUT2D eigenvalue weighted by Gasteiger charge is -2.43. The summed E-state index contributed by atoms with van der Waals surface area (Å²) in [6, 6.07) is 15.7. The first-order valence-electron chi connectivity index (χ1n) is 18.3. The second-order valence-electron chi connectivity index (χ2n) is 14.4. The fourth-order valence-corrected chi connectivity index (χ4v) is 7.18. The number of carbonyl (C=O) groups is 6. The van der Waals surface area contributed by atoms with Crippen LogP contribution < -0.4 is 15.4 Å². The average molecular weight is 861 g/mol. The first-order valence-corrected chi connectivity index (χ1v) is 19.1. The summed E-state index contributed by atoms with van der Waals surface area (Å²) in [4.78, 5) is 82.2. The highest BCUT2D eigenvalue weighted by Gasteiger charge is 2.63. The number of esters is 3. The van der Waals surface area contributed by atoms with Gasteiger partial charge in [0.05, 0.1) is 31.4 Å². The second kappa shape index (κ2) is 20.4. The average Bonchev–Trinajstić information content (AvgIpc) is 3.60. The number of ether oxygens (including phenoxy) is 6. The lowest BCUT2D eigenvalue weighted by Crippen LogP contribution is -2.69. The third-order valence-corrected chi connectivity index (χ3v) is 9.88. The number of aliphatic hydroxyl groups is 1. The van der Waals surface area contributed by atoms with Crippen LogP contribution >= 0.6 is 23.2 Å². The van der Waals surface area contributed by atoms with Gasteiger partial charge in [0.2, 0.25) is 0 Å². The Kier molecular flexibility index (Phi) is 15.9. The molecule has 0 saturated carbocycles. The van der Waals surface area contributed by atoms with Gasteiger partial charge in [-0.15, -0.1) is 0 Å². The Balaban J connectivity index is 1.66. The number of likely N-dealkylation sites (tertiary alicyclic amines) is 1. The summed E-state index contributed by atoms with van der Waals surface area (Å²) in [5.74, 6) is -4.01. The highest BCUT2D eigenvalue weighted by atomic mass is 35.5. The third kappa shape index (κ3) is 11.5. The van der Waals surface area contributed by atoms with E-state index in [0.717, 1.165) is 31.8 Å². The van der Waals surface area contributed by atoms with Crippen LogP contribution in [-0.2, 0) is 51.3 Å². The van der Waals surface area contributed by atoms with Gasteiger partial charge < -0.3 is 44.2 Å². The molecule has 318 valence electrons. The SMILES string of the molecule is COC(=O)[C@H](C[C@H]1CC[C@](C(=O)OC)([C@@H](O)[C@@H](NC(=O)OCc2ccccc2)C(=O)OC)N1C(=O)OC(C)(C)C)NC(=O)c1cc(Cl)c(OCc2ccccc2)c(Cl)c1. The summed E-state index contributed by atoms with van der Waals surface area (Å²) in [6.07, 6.45) is -5.46. The molecule has 3 aromatic rings. The number of benzene rings is 3. The van der Waals surface area contributed by atoms with Crippen LogP contribution in [0.3, 0.4) is 0 Å². The molecule has 1 fully saturated rings. The van der Waals surface area contributed by atoms with Crippen LogP contribution in [0.15, 0.2) is 72.8 Å². The molecule has 5 atom stereocenters. The summed E-state index contributed by atoms with van der Waals surface area (Å²) in [5, 5.41) is 16.9. The fourth-order valence-electron chi connectivity index (χ4n) is 6.59. The number of amides is 3. The molecule has 1 saturated heterocycles. The normalized spacial score (nSPS) is 17.7. The molecule has 1 heterocycles. The number of methoxy groups -OCH3 is 3. The van der Waals surface area contributed by atoms with Gasteiger partial charge in [0.15, 0.2) is 17.3 Å². The summed E-state index contributed by atoms with van der Waals surface area (Å²) in [5.41, 5.74) is -2.20. The highest BCUT2D eigenvalue weighted by molar-refractivity contribution is 6.37. The van der Waals surface area contributed by atoms with Crippen LogP contribution in [0, 0.1) is 0 Å². The number of rotatable bonds is 15. The van der Waals surface area contributed by atoms with E-state index in [9.17, 15) is 33.9 Å². The third-order valence-electron chi connectivity index (χ3n) is 9.31. The summed E-state index contributed by atoms with van der Waals surface area (Å²) >= 11 is 13.0. The van der Waals surface area contributed by atoms with Crippen molar-refractivity contribution in [1.82, 2.24) is 15.5 Å². The van der Waals surface area contributed by atoms with Crippen LogP contribution in [0.1, 0.15) is 61.5 Å². The lowest BCUT2D eigenvalue weighted by molar-refractivity contribution is -0.167. The number of hydrogen-bond acceptors (Lipinski definition) is 13. The zero-order valence-corrected chi connectivity index (χ0v) is 34.8. The van der Waals surface area contributed by atoms with E-state index in [2.05, 4.69) is 10.6 Å². The number of carbonyl (C=O) groups excluding carboxylic acids is 6. The maximum atomic E-state index is 14.2. The van der Waals surface area contributed by atoms with Crippen molar-refractivity contribution in [3.63, 3.8) is 0 Å². The van der Waals surface area contributed by atoms with Gasteiger partial charge in [-0.3, -0.25) is 9.69 Å². The van der Waals surface area contributed by atoms with Crippen molar-refractivity contribution in [2.75, 3.05) is 21.3 Å². The summed E-state index contributed by atoms with van der Waals surface area (Å²) < 4.78 is 31.8. The number of halogens is 2. The molecule has 0 aromatic heterocycles. The standard InChI is InChI=1S/C41H47Cl2N3O13/c1-40(2,3)59-39(53)46-27(17-18-41(46,37(51)56-6)33(47)31(36(50)55-5)45-38(52)58-23-25-15-11-8-12-16-25)21-30(35(49)54-4)44-34(48)26-19-28(42)32(29(43)20-26)57-22-24-13-9-7-10-14-24/h7-16,19-20,27,30-31,33,47H,17-18,21-23H2,1-6H3,(H,44,48)(H,45,52)/t27-,30+,31-,33+,41-/m1/s1. The minimum absolute atomic E-state index is 0.00894. The largest absolute Gasteiger partial charge is 0.486 e. The Morgan fingerprint density at radius 1 is 0.831 bits per heavy atom. The molecule has 0 bridgehead atoms. The molecule has 3 aromatic carbocycles. The van der Waals surface area contributed by atoms with Crippen molar-refractivity contribution in [3.05, 3.63) is 99.5 Å². The van der Waals surface area contributed by atoms with E-state index in [4.69, 9.17) is 51.6 Å². The first kappa shape index (κ1) is 46.1. The molecule has 0 spiro atoms. The van der Waals surface area contributed by atoms with Crippen molar-refractivity contribution in [1.29, 1.82) is 0 Å². The molecule has 16 nitrogen and oxygen atoms in total. The zero-order valence-electron chi connectivity index (χ0n) is 33.3. The van der Waals surface area contributed by atoms with E-state index in [1.165, 1.54) is 12.1 Å². The first-order chi connectivity index (χ1) is 27.9. The molecule has 0 aliphatic carbocycles. The second-order valence-corrected chi connectivity index (χ2v) is 15.3. The van der Waals surface area contributed by atoms with Crippen LogP contribution in [0.25, 0.3) is 0 Å². The topological polar surface area (TPSA) is 205 Å². The molecule has 3 N–H and O–H groups in total. The number of nitrogens with zero attached hydrogens (tertiary/aromatic N) is 1. The maximum absolute atomic E-state index is 14.2. The van der Waals surface area contributed by atoms with E-state index in [-0.39, 0.29) is 47.4 Å². The lowest BCUT2D eigenvalue weighted by atomic mass is 9.84. The smallest absolute Gasteiger partial charge is 0.411 e. The van der Waals surface area contributed by atoms with Crippen molar-refractivity contribution >= 4 is 59.2 Å². The maximum Gasteiger partial charge on any atom is 0.411 e. The number of alkyl carbamates (subject to hydrolysis) is 1. The molecular formula is C41H47Cl2N3O13. The van der Waals surface area contributed by atoms with E-state index >= 15 is 0 Å². The number of nitrogens with one attached hydrogen (secondary N) is 2. The monoisotopic (exact) mass is 859 g/mol. The van der Waals surface area contributed by atoms with Crippen LogP contribution in [0.5, 0.6) is 5.75 Å². The Labute approximate surface area is 351 Å². The molecule has 18 heteroatoms. The van der Waals surface area contributed by atoms with Gasteiger partial charge in [-0.1, -0.05) is 83.9 Å². The van der Waals surface area contributed by atoms with Gasteiger partial charge in [-0.05, 0) is 63.3 Å². The van der Waals surface area contributed by atoms with Crippen LogP contribution in [0.4, 0.5) is 9.59 Å². The molecule has 1 aliphatic heterocycles. The molecule has 0 radical (unpaired) electrons. The Morgan fingerprint density at radius 2 is 1.39 bits per heavy atom. The number of aliphatic hydroxyl groups excluding tert-OH is 1. The van der Waals surface area contributed by atoms with E-state index < -0.39 is 77.8 Å². The van der Waals surface area contributed by atoms with Crippen molar-refractivity contribution < 1.29 is 62.3 Å². The van der Waals surface area contributed by atoms with Gasteiger partial charge in [0, 0.05) is 11.6 Å². The van der Waals surface area contributed by atoms with Crippen LogP contribution in [-0.4, -0.2) is 103 Å². The Morgan fingerprint density at radius 3 is 1.92 bits per heavy atom. The van der Waals surface area contributed by atoms with E-state index in [0.29, 0.717) is 5.56 Å². The number of hydrogen-bond donors (Lipinski definition) is 3. The highest BCUT2D eigenvalue weighted by Crippen LogP contribution is 2.42. The Hall–Kier alpha value is -5.58. The minimum atomic E-state index is -2.44. The molecule has 0 unspecified atom stereocenters. The predicted octanol–water partition coefficient (Wildman–Crippen LogP) is 5.37. The molecular weight excluding hydrogens is 813 g/mol. The van der Waals surface area contributed by atoms with E-state index in [1.807, 2.05) is 30.3 Å². The Bertz CT molecular complexity index is 1960. The molecule has 3 amide bonds. The molecule has 4 rings (SSSR count). The zero-order chi connectivity index (χ0) is 43.5. The van der Waals surface area contributed by atoms with Crippen molar-refractivity contribution in [2.24, 2.45) is 0 Å². The summed E-state index contributed by atoms with van der Waals surface area (Å²) in [6.45, 7) is 4.59. The van der Waals surface area contributed by atoms with Gasteiger partial charge in [0.25, 0.3) is 5.91 Å². The quantitative estimate of drug-likeness (QED) is 0.130. The van der Waals surface area contributed by atoms with Gasteiger partial charge in [-0.2, -0.15) is 0 Å². The van der Waals surface area contributed by atoms with Crippen LogP contribution in [0.2, 0.25) is 10.0 Å². The van der Waals surface area contributed by atoms with Crippen molar-refractivity contribution in [2.45, 2.75) is 88.6 Å². The van der Waals surface area contributed by atoms with E-state index in [1.54, 1.807) is 51.1 Å². The molecule has 59 heavy (non-hydrogen) atoms. The molecule has 1 aliphatic rings.